The highest BCUT2D eigenvalue weighted by Crippen LogP contribution is 2.39. The summed E-state index contributed by atoms with van der Waals surface area (Å²) < 4.78 is 0. The third-order valence-electron chi connectivity index (χ3n) is 4.33. The first-order valence-corrected chi connectivity index (χ1v) is 7.63. The maximum Gasteiger partial charge on any atom is 0.315 e. The number of aromatic nitrogens is 2. The van der Waals surface area contributed by atoms with Gasteiger partial charge in [0.25, 0.3) is 5.91 Å². The molecule has 1 aliphatic rings. The number of H-pyrrole nitrogens is 1. The number of rotatable bonds is 6. The van der Waals surface area contributed by atoms with E-state index in [1.54, 1.807) is 37.3 Å². The average molecular weight is 313 g/mol. The minimum atomic E-state index is -1.19. The monoisotopic (exact) mass is 313 g/mol. The Labute approximate surface area is 133 Å². The molecule has 1 heterocycles. The van der Waals surface area contributed by atoms with Gasteiger partial charge in [-0.2, -0.15) is 5.10 Å². The van der Waals surface area contributed by atoms with Crippen LogP contribution in [0.5, 0.6) is 0 Å². The molecule has 1 aromatic heterocycles. The van der Waals surface area contributed by atoms with E-state index >= 15 is 0 Å². The Hall–Kier alpha value is -2.63. The maximum atomic E-state index is 12.2. The van der Waals surface area contributed by atoms with Crippen LogP contribution in [0.4, 0.5) is 0 Å². The zero-order chi connectivity index (χ0) is 16.4. The Morgan fingerprint density at radius 1 is 1.35 bits per heavy atom. The standard InChI is InChI=1S/C17H19N3O3/c1-17(16(22)23,12-5-3-2-4-6-12)10-18-15(21)14-9-13(19-20-14)11-7-8-11/h2-6,9,11H,7-8,10H2,1H3,(H,18,21)(H,19,20)(H,22,23). The normalized spacial score (nSPS) is 16.6. The highest BCUT2D eigenvalue weighted by molar-refractivity contribution is 5.93. The summed E-state index contributed by atoms with van der Waals surface area (Å²) in [5.74, 6) is -0.862. The van der Waals surface area contributed by atoms with E-state index in [1.165, 1.54) is 0 Å². The van der Waals surface area contributed by atoms with Crippen LogP contribution in [0.3, 0.4) is 0 Å². The van der Waals surface area contributed by atoms with Crippen molar-refractivity contribution in [3.63, 3.8) is 0 Å². The molecule has 0 spiro atoms. The summed E-state index contributed by atoms with van der Waals surface area (Å²) in [7, 11) is 0. The van der Waals surface area contributed by atoms with Gasteiger partial charge in [0.05, 0.1) is 0 Å². The minimum Gasteiger partial charge on any atom is -0.481 e. The predicted molar refractivity (Wildman–Crippen MR) is 84.3 cm³/mol. The van der Waals surface area contributed by atoms with E-state index in [0.29, 0.717) is 17.2 Å². The third-order valence-corrected chi connectivity index (χ3v) is 4.33. The van der Waals surface area contributed by atoms with Crippen molar-refractivity contribution in [2.75, 3.05) is 6.54 Å². The SMILES string of the molecule is CC(CNC(=O)c1cc(C2CC2)[nH]n1)(C(=O)O)c1ccccc1. The Morgan fingerprint density at radius 2 is 2.04 bits per heavy atom. The molecule has 3 rings (SSSR count). The summed E-state index contributed by atoms with van der Waals surface area (Å²) in [4.78, 5) is 23.9. The van der Waals surface area contributed by atoms with Gasteiger partial charge in [0.2, 0.25) is 0 Å². The molecule has 1 fully saturated rings. The van der Waals surface area contributed by atoms with E-state index in [1.807, 2.05) is 6.07 Å². The van der Waals surface area contributed by atoms with E-state index in [-0.39, 0.29) is 12.5 Å². The summed E-state index contributed by atoms with van der Waals surface area (Å²) in [5.41, 5.74) is 0.729. The predicted octanol–water partition coefficient (Wildman–Crippen LogP) is 2.06. The fraction of sp³-hybridized carbons (Fsp3) is 0.353. The van der Waals surface area contributed by atoms with Crippen LogP contribution in [-0.4, -0.2) is 33.7 Å². The van der Waals surface area contributed by atoms with Gasteiger partial charge in [-0.15, -0.1) is 0 Å². The molecule has 23 heavy (non-hydrogen) atoms. The Morgan fingerprint density at radius 3 is 2.65 bits per heavy atom. The minimum absolute atomic E-state index is 0.00317. The molecule has 1 saturated carbocycles. The van der Waals surface area contributed by atoms with Crippen molar-refractivity contribution in [2.45, 2.75) is 31.1 Å². The summed E-state index contributed by atoms with van der Waals surface area (Å²) in [5, 5.41) is 19.2. The van der Waals surface area contributed by atoms with Gasteiger partial charge in [-0.25, -0.2) is 0 Å². The van der Waals surface area contributed by atoms with Crippen molar-refractivity contribution < 1.29 is 14.7 Å². The zero-order valence-corrected chi connectivity index (χ0v) is 12.9. The van der Waals surface area contributed by atoms with Gasteiger partial charge in [0, 0.05) is 18.2 Å². The van der Waals surface area contributed by atoms with Crippen molar-refractivity contribution in [3.8, 4) is 0 Å². The zero-order valence-electron chi connectivity index (χ0n) is 12.9. The van der Waals surface area contributed by atoms with Crippen LogP contribution in [-0.2, 0) is 10.2 Å². The van der Waals surface area contributed by atoms with Crippen LogP contribution < -0.4 is 5.32 Å². The summed E-state index contributed by atoms with van der Waals surface area (Å²) >= 11 is 0. The van der Waals surface area contributed by atoms with Gasteiger partial charge < -0.3 is 10.4 Å². The van der Waals surface area contributed by atoms with Crippen molar-refractivity contribution in [3.05, 3.63) is 53.3 Å². The molecule has 0 radical (unpaired) electrons. The fourth-order valence-corrected chi connectivity index (χ4v) is 2.51. The van der Waals surface area contributed by atoms with Gasteiger partial charge in [-0.3, -0.25) is 14.7 Å². The second-order valence-electron chi connectivity index (χ2n) is 6.17. The number of benzene rings is 1. The van der Waals surface area contributed by atoms with E-state index in [0.717, 1.165) is 18.5 Å². The molecule has 3 N–H and O–H groups in total. The molecule has 120 valence electrons. The number of hydrogen-bond acceptors (Lipinski definition) is 3. The second kappa shape index (κ2) is 5.87. The van der Waals surface area contributed by atoms with E-state index < -0.39 is 11.4 Å². The first kappa shape index (κ1) is 15.3. The molecule has 0 bridgehead atoms. The average Bonchev–Trinajstić information content (AvgIpc) is 3.30. The first-order valence-electron chi connectivity index (χ1n) is 7.63. The molecular formula is C17H19N3O3. The van der Waals surface area contributed by atoms with Crippen LogP contribution in [0.15, 0.2) is 36.4 Å². The lowest BCUT2D eigenvalue weighted by Gasteiger charge is -2.25. The van der Waals surface area contributed by atoms with Gasteiger partial charge in [0.15, 0.2) is 0 Å². The number of nitrogens with one attached hydrogen (secondary N) is 2. The molecule has 0 aliphatic heterocycles. The third kappa shape index (κ3) is 3.11. The molecule has 6 nitrogen and oxygen atoms in total. The number of amides is 1. The molecule has 1 unspecified atom stereocenters. The van der Waals surface area contributed by atoms with Crippen LogP contribution in [0.2, 0.25) is 0 Å². The number of carbonyl (C=O) groups is 2. The van der Waals surface area contributed by atoms with Gasteiger partial charge >= 0.3 is 5.97 Å². The quantitative estimate of drug-likeness (QED) is 0.760. The number of carboxylic acids is 1. The maximum absolute atomic E-state index is 12.2. The van der Waals surface area contributed by atoms with Crippen LogP contribution in [0.1, 0.15) is 47.4 Å². The Bertz CT molecular complexity index is 722. The number of aromatic amines is 1. The fourth-order valence-electron chi connectivity index (χ4n) is 2.51. The second-order valence-corrected chi connectivity index (χ2v) is 6.17. The highest BCUT2D eigenvalue weighted by atomic mass is 16.4. The van der Waals surface area contributed by atoms with Gasteiger partial charge in [-0.1, -0.05) is 30.3 Å². The van der Waals surface area contributed by atoms with Crippen molar-refractivity contribution in [1.82, 2.24) is 15.5 Å². The van der Waals surface area contributed by atoms with Crippen molar-refractivity contribution >= 4 is 11.9 Å². The summed E-state index contributed by atoms with van der Waals surface area (Å²) in [6, 6.07) is 10.6. The molecule has 6 heteroatoms. The molecular weight excluding hydrogens is 294 g/mol. The van der Waals surface area contributed by atoms with E-state index in [4.69, 9.17) is 0 Å². The van der Waals surface area contributed by atoms with Crippen molar-refractivity contribution in [1.29, 1.82) is 0 Å². The van der Waals surface area contributed by atoms with E-state index in [9.17, 15) is 14.7 Å². The summed E-state index contributed by atoms with van der Waals surface area (Å²) in [6.45, 7) is 1.60. The number of hydrogen-bond donors (Lipinski definition) is 3. The molecule has 1 amide bonds. The molecule has 1 atom stereocenters. The Balaban J connectivity index is 1.71. The van der Waals surface area contributed by atoms with Crippen LogP contribution in [0.25, 0.3) is 0 Å². The number of aliphatic carboxylic acids is 1. The molecule has 2 aromatic rings. The lowest BCUT2D eigenvalue weighted by atomic mass is 9.82. The topological polar surface area (TPSA) is 95.1 Å². The first-order chi connectivity index (χ1) is 11.0. The molecule has 1 aromatic carbocycles. The van der Waals surface area contributed by atoms with E-state index in [2.05, 4.69) is 15.5 Å². The van der Waals surface area contributed by atoms with Crippen LogP contribution in [0, 0.1) is 0 Å². The number of carbonyl (C=O) groups excluding carboxylic acids is 1. The molecule has 1 aliphatic carbocycles. The molecule has 0 saturated heterocycles. The smallest absolute Gasteiger partial charge is 0.315 e. The lowest BCUT2D eigenvalue weighted by Crippen LogP contribution is -2.44. The van der Waals surface area contributed by atoms with Crippen LogP contribution >= 0.6 is 0 Å². The van der Waals surface area contributed by atoms with Crippen molar-refractivity contribution in [2.24, 2.45) is 0 Å². The lowest BCUT2D eigenvalue weighted by molar-refractivity contribution is -0.142. The Kier molecular flexibility index (Phi) is 3.90. The number of nitrogens with zero attached hydrogens (tertiary/aromatic N) is 1. The largest absolute Gasteiger partial charge is 0.481 e. The van der Waals surface area contributed by atoms with Gasteiger partial charge in [-0.05, 0) is 31.4 Å². The number of carboxylic acid groups (broad SMARTS) is 1. The summed E-state index contributed by atoms with van der Waals surface area (Å²) in [6.07, 6.45) is 2.24. The highest BCUT2D eigenvalue weighted by Gasteiger charge is 2.36. The van der Waals surface area contributed by atoms with Gasteiger partial charge in [0.1, 0.15) is 11.1 Å².